The second-order valence-corrected chi connectivity index (χ2v) is 5.45. The second kappa shape index (κ2) is 6.29. The first-order chi connectivity index (χ1) is 7.15. The SMILES string of the molecule is CNC(CCc1ccsc1)C(C)C(C)C. The van der Waals surface area contributed by atoms with E-state index < -0.39 is 0 Å². The monoisotopic (exact) mass is 225 g/mol. The zero-order chi connectivity index (χ0) is 11.3. The molecule has 0 spiro atoms. The maximum atomic E-state index is 3.45. The lowest BCUT2D eigenvalue weighted by Crippen LogP contribution is -2.35. The fourth-order valence-corrected chi connectivity index (χ4v) is 2.59. The van der Waals surface area contributed by atoms with Crippen molar-refractivity contribution in [1.29, 1.82) is 0 Å². The minimum Gasteiger partial charge on any atom is -0.317 e. The van der Waals surface area contributed by atoms with Gasteiger partial charge < -0.3 is 5.32 Å². The predicted octanol–water partition coefficient (Wildman–Crippen LogP) is 3.56. The van der Waals surface area contributed by atoms with Gasteiger partial charge in [0, 0.05) is 6.04 Å². The molecule has 86 valence electrons. The molecule has 15 heavy (non-hydrogen) atoms. The number of thiophene rings is 1. The molecule has 0 aromatic carbocycles. The summed E-state index contributed by atoms with van der Waals surface area (Å²) in [5.41, 5.74) is 1.48. The molecule has 2 heteroatoms. The molecule has 0 aliphatic rings. The smallest absolute Gasteiger partial charge is 0.00953 e. The lowest BCUT2D eigenvalue weighted by atomic mass is 9.87. The Hall–Kier alpha value is -0.340. The fraction of sp³-hybridized carbons (Fsp3) is 0.692. The second-order valence-electron chi connectivity index (χ2n) is 4.67. The van der Waals surface area contributed by atoms with E-state index in [-0.39, 0.29) is 0 Å². The molecule has 1 rings (SSSR count). The summed E-state index contributed by atoms with van der Waals surface area (Å²) in [4.78, 5) is 0. The minimum atomic E-state index is 0.643. The summed E-state index contributed by atoms with van der Waals surface area (Å²) in [5, 5.41) is 7.87. The number of aryl methyl sites for hydroxylation is 1. The molecule has 1 nitrogen and oxygen atoms in total. The summed E-state index contributed by atoms with van der Waals surface area (Å²) < 4.78 is 0. The van der Waals surface area contributed by atoms with Crippen molar-refractivity contribution in [3.8, 4) is 0 Å². The fourth-order valence-electron chi connectivity index (χ4n) is 1.89. The van der Waals surface area contributed by atoms with E-state index in [1.807, 2.05) is 0 Å². The number of nitrogens with one attached hydrogen (secondary N) is 1. The van der Waals surface area contributed by atoms with E-state index in [1.165, 1.54) is 18.4 Å². The van der Waals surface area contributed by atoms with Gasteiger partial charge in [-0.1, -0.05) is 20.8 Å². The quantitative estimate of drug-likeness (QED) is 0.780. The summed E-state index contributed by atoms with van der Waals surface area (Å²) in [6.07, 6.45) is 2.44. The highest BCUT2D eigenvalue weighted by molar-refractivity contribution is 7.07. The largest absolute Gasteiger partial charge is 0.317 e. The molecule has 1 N–H and O–H groups in total. The Morgan fingerprint density at radius 2 is 2.07 bits per heavy atom. The lowest BCUT2D eigenvalue weighted by Gasteiger charge is -2.26. The van der Waals surface area contributed by atoms with E-state index >= 15 is 0 Å². The van der Waals surface area contributed by atoms with Gasteiger partial charge in [-0.2, -0.15) is 11.3 Å². The van der Waals surface area contributed by atoms with E-state index in [0.717, 1.165) is 11.8 Å². The average molecular weight is 225 g/mol. The van der Waals surface area contributed by atoms with Gasteiger partial charge in [0.05, 0.1) is 0 Å². The number of rotatable bonds is 6. The molecule has 0 fully saturated rings. The van der Waals surface area contributed by atoms with Crippen molar-refractivity contribution in [2.45, 2.75) is 39.7 Å². The van der Waals surface area contributed by atoms with Crippen molar-refractivity contribution in [1.82, 2.24) is 5.32 Å². The first-order valence-corrected chi connectivity index (χ1v) is 6.77. The predicted molar refractivity (Wildman–Crippen MR) is 69.5 cm³/mol. The Bertz CT molecular complexity index is 254. The summed E-state index contributed by atoms with van der Waals surface area (Å²) in [6.45, 7) is 6.96. The first-order valence-electron chi connectivity index (χ1n) is 5.83. The molecule has 0 saturated heterocycles. The molecular weight excluding hydrogens is 202 g/mol. The van der Waals surface area contributed by atoms with Crippen LogP contribution in [-0.2, 0) is 6.42 Å². The van der Waals surface area contributed by atoms with E-state index in [0.29, 0.717) is 6.04 Å². The molecular formula is C13H23NS. The topological polar surface area (TPSA) is 12.0 Å². The summed E-state index contributed by atoms with van der Waals surface area (Å²) >= 11 is 1.79. The van der Waals surface area contributed by atoms with Gasteiger partial charge in [0.25, 0.3) is 0 Å². The molecule has 0 saturated carbocycles. The molecule has 1 aromatic rings. The van der Waals surface area contributed by atoms with Crippen molar-refractivity contribution < 1.29 is 0 Å². The highest BCUT2D eigenvalue weighted by atomic mass is 32.1. The average Bonchev–Trinajstić information content (AvgIpc) is 2.71. The number of hydrogen-bond donors (Lipinski definition) is 1. The Labute approximate surface area is 97.9 Å². The van der Waals surface area contributed by atoms with Crippen LogP contribution in [0.3, 0.4) is 0 Å². The summed E-state index contributed by atoms with van der Waals surface area (Å²) in [7, 11) is 2.08. The minimum absolute atomic E-state index is 0.643. The Kier molecular flexibility index (Phi) is 5.34. The molecule has 1 aromatic heterocycles. The van der Waals surface area contributed by atoms with Crippen molar-refractivity contribution >= 4 is 11.3 Å². The Balaban J connectivity index is 2.40. The van der Waals surface area contributed by atoms with Crippen LogP contribution < -0.4 is 5.32 Å². The van der Waals surface area contributed by atoms with Gasteiger partial charge in [-0.15, -0.1) is 0 Å². The maximum Gasteiger partial charge on any atom is 0.00953 e. The van der Waals surface area contributed by atoms with Crippen LogP contribution in [0.1, 0.15) is 32.8 Å². The third-order valence-electron chi connectivity index (χ3n) is 3.38. The maximum absolute atomic E-state index is 3.45. The van der Waals surface area contributed by atoms with Crippen LogP contribution in [0, 0.1) is 11.8 Å². The standard InChI is InChI=1S/C13H23NS/c1-10(2)11(3)13(14-4)6-5-12-7-8-15-9-12/h7-11,13-14H,5-6H2,1-4H3. The first kappa shape index (κ1) is 12.7. The molecule has 0 amide bonds. The van der Waals surface area contributed by atoms with E-state index in [4.69, 9.17) is 0 Å². The van der Waals surface area contributed by atoms with E-state index in [9.17, 15) is 0 Å². The van der Waals surface area contributed by atoms with Gasteiger partial charge in [-0.25, -0.2) is 0 Å². The summed E-state index contributed by atoms with van der Waals surface area (Å²) in [5.74, 6) is 1.50. The van der Waals surface area contributed by atoms with Crippen LogP contribution in [-0.4, -0.2) is 13.1 Å². The molecule has 1 heterocycles. The van der Waals surface area contributed by atoms with Gasteiger partial charge in [0.15, 0.2) is 0 Å². The normalized spacial score (nSPS) is 15.5. The molecule has 0 bridgehead atoms. The van der Waals surface area contributed by atoms with Crippen LogP contribution in [0.2, 0.25) is 0 Å². The van der Waals surface area contributed by atoms with Crippen molar-refractivity contribution in [2.24, 2.45) is 11.8 Å². The third-order valence-corrected chi connectivity index (χ3v) is 4.11. The highest BCUT2D eigenvalue weighted by Gasteiger charge is 2.18. The zero-order valence-electron chi connectivity index (χ0n) is 10.3. The van der Waals surface area contributed by atoms with Crippen LogP contribution in [0.5, 0.6) is 0 Å². The van der Waals surface area contributed by atoms with Crippen LogP contribution in [0.4, 0.5) is 0 Å². The summed E-state index contributed by atoms with van der Waals surface area (Å²) in [6, 6.07) is 2.88. The van der Waals surface area contributed by atoms with Crippen LogP contribution in [0.25, 0.3) is 0 Å². The van der Waals surface area contributed by atoms with E-state index in [1.54, 1.807) is 11.3 Å². The lowest BCUT2D eigenvalue weighted by molar-refractivity contribution is 0.298. The molecule has 0 radical (unpaired) electrons. The zero-order valence-corrected chi connectivity index (χ0v) is 11.1. The van der Waals surface area contributed by atoms with Gasteiger partial charge in [0.2, 0.25) is 0 Å². The van der Waals surface area contributed by atoms with Gasteiger partial charge in [-0.05, 0) is 54.1 Å². The van der Waals surface area contributed by atoms with Crippen molar-refractivity contribution in [2.75, 3.05) is 7.05 Å². The van der Waals surface area contributed by atoms with Gasteiger partial charge in [-0.3, -0.25) is 0 Å². The molecule has 0 aliphatic heterocycles. The third kappa shape index (κ3) is 3.96. The van der Waals surface area contributed by atoms with E-state index in [2.05, 4.69) is 50.0 Å². The van der Waals surface area contributed by atoms with Crippen LogP contribution in [0.15, 0.2) is 16.8 Å². The molecule has 2 unspecified atom stereocenters. The van der Waals surface area contributed by atoms with Crippen molar-refractivity contribution in [3.63, 3.8) is 0 Å². The van der Waals surface area contributed by atoms with Crippen molar-refractivity contribution in [3.05, 3.63) is 22.4 Å². The number of hydrogen-bond acceptors (Lipinski definition) is 2. The van der Waals surface area contributed by atoms with Crippen LogP contribution >= 0.6 is 11.3 Å². The molecule has 0 aliphatic carbocycles. The van der Waals surface area contributed by atoms with Gasteiger partial charge >= 0.3 is 0 Å². The highest BCUT2D eigenvalue weighted by Crippen LogP contribution is 2.19. The molecule has 2 atom stereocenters. The Morgan fingerprint density at radius 3 is 2.53 bits per heavy atom. The Morgan fingerprint density at radius 1 is 1.33 bits per heavy atom. The van der Waals surface area contributed by atoms with Gasteiger partial charge in [0.1, 0.15) is 0 Å².